The minimum atomic E-state index is -1.75. The molecule has 0 bridgehead atoms. The highest BCUT2D eigenvalue weighted by molar-refractivity contribution is 5.80. The fraction of sp³-hybridized carbons (Fsp3) is 0.600. The van der Waals surface area contributed by atoms with Crippen LogP contribution >= 0.6 is 0 Å². The first kappa shape index (κ1) is 14.0. The predicted molar refractivity (Wildman–Crippen MR) is 66.6 cm³/mol. The number of anilines is 1. The lowest BCUT2D eigenvalue weighted by Gasteiger charge is -2.31. The third kappa shape index (κ3) is 1.79. The molecule has 3 rings (SSSR count). The van der Waals surface area contributed by atoms with Gasteiger partial charge < -0.3 is 30.9 Å². The zero-order valence-electron chi connectivity index (χ0n) is 10.7. The summed E-state index contributed by atoms with van der Waals surface area (Å²) in [6.45, 7) is -1.21. The number of fused-ring (bicyclic) bond motifs is 1. The zero-order valence-corrected chi connectivity index (χ0v) is 10.7. The number of hydrogen-bond donors (Lipinski definition) is 5. The van der Waals surface area contributed by atoms with Gasteiger partial charge in [0.15, 0.2) is 22.7 Å². The number of aliphatic hydroxyl groups excluding tert-OH is 4. The minimum Gasteiger partial charge on any atom is -0.394 e. The Kier molecular flexibility index (Phi) is 3.22. The van der Waals surface area contributed by atoms with Crippen LogP contribution in [0.5, 0.6) is 0 Å². The largest absolute Gasteiger partial charge is 0.394 e. The highest BCUT2D eigenvalue weighted by atomic mass is 16.6. The van der Waals surface area contributed by atoms with Crippen molar-refractivity contribution in [2.75, 3.05) is 18.9 Å². The van der Waals surface area contributed by atoms with Gasteiger partial charge >= 0.3 is 0 Å². The number of aromatic nitrogens is 5. The van der Waals surface area contributed by atoms with Gasteiger partial charge in [-0.05, 0) is 5.21 Å². The molecule has 11 heteroatoms. The van der Waals surface area contributed by atoms with Crippen molar-refractivity contribution in [2.45, 2.75) is 24.0 Å². The summed E-state index contributed by atoms with van der Waals surface area (Å²) in [5, 5.41) is 49.7. The van der Waals surface area contributed by atoms with Gasteiger partial charge in [0.2, 0.25) is 0 Å². The second kappa shape index (κ2) is 4.82. The van der Waals surface area contributed by atoms with Crippen molar-refractivity contribution >= 4 is 17.0 Å². The van der Waals surface area contributed by atoms with E-state index in [1.165, 1.54) is 10.9 Å². The second-order valence-electron chi connectivity index (χ2n) is 4.74. The molecule has 1 aliphatic heterocycles. The van der Waals surface area contributed by atoms with Crippen LogP contribution in [-0.2, 0) is 10.5 Å². The molecule has 0 saturated carbocycles. The maximum Gasteiger partial charge on any atom is 0.199 e. The summed E-state index contributed by atoms with van der Waals surface area (Å²) in [4.78, 5) is 3.99. The van der Waals surface area contributed by atoms with Gasteiger partial charge in [0, 0.05) is 0 Å². The Morgan fingerprint density at radius 2 is 2.10 bits per heavy atom. The fourth-order valence-electron chi connectivity index (χ4n) is 2.48. The average molecular weight is 298 g/mol. The van der Waals surface area contributed by atoms with Gasteiger partial charge in [-0.1, -0.05) is 0 Å². The lowest BCUT2D eigenvalue weighted by Crippen LogP contribution is -2.48. The Morgan fingerprint density at radius 3 is 2.71 bits per heavy atom. The smallest absolute Gasteiger partial charge is 0.199 e. The standard InChI is InChI=1S/C10H14N6O5/c11-8-5-9(14-15-13-8)16(3-12-5)10(2-18)7(20)6(19)4(1-17)21-10/h3-4,6-7,17-20H,1-2H2,(H2,11,13,14)/t4-,6?,7?,10-/m1/s1. The van der Waals surface area contributed by atoms with E-state index >= 15 is 0 Å². The van der Waals surface area contributed by atoms with Crippen LogP contribution in [0.2, 0.25) is 0 Å². The van der Waals surface area contributed by atoms with E-state index in [0.717, 1.165) is 0 Å². The summed E-state index contributed by atoms with van der Waals surface area (Å²) < 4.78 is 6.68. The summed E-state index contributed by atoms with van der Waals surface area (Å²) in [5.74, 6) is 0.0265. The van der Waals surface area contributed by atoms with Crippen molar-refractivity contribution < 1.29 is 25.2 Å². The Balaban J connectivity index is 2.17. The Hall–Kier alpha value is -1.92. The number of nitrogens with zero attached hydrogens (tertiary/aromatic N) is 5. The van der Waals surface area contributed by atoms with E-state index in [9.17, 15) is 20.4 Å². The molecule has 6 N–H and O–H groups in total. The van der Waals surface area contributed by atoms with Gasteiger partial charge in [-0.15, -0.1) is 10.2 Å². The number of rotatable bonds is 3. The zero-order chi connectivity index (χ0) is 15.2. The molecule has 0 amide bonds. The topological polar surface area (TPSA) is 173 Å². The van der Waals surface area contributed by atoms with Crippen molar-refractivity contribution in [3.8, 4) is 0 Å². The van der Waals surface area contributed by atoms with Gasteiger partial charge in [0.05, 0.1) is 19.5 Å². The van der Waals surface area contributed by atoms with Crippen LogP contribution in [0.3, 0.4) is 0 Å². The second-order valence-corrected chi connectivity index (χ2v) is 4.74. The van der Waals surface area contributed by atoms with E-state index in [2.05, 4.69) is 20.4 Å². The first-order valence-electron chi connectivity index (χ1n) is 6.13. The molecule has 1 saturated heterocycles. The third-order valence-electron chi connectivity index (χ3n) is 3.61. The lowest BCUT2D eigenvalue weighted by molar-refractivity contribution is -0.169. The molecule has 2 unspecified atom stereocenters. The quantitative estimate of drug-likeness (QED) is 0.383. The molecule has 114 valence electrons. The van der Waals surface area contributed by atoms with Crippen LogP contribution in [0.4, 0.5) is 5.82 Å². The van der Waals surface area contributed by atoms with Crippen LogP contribution in [0, 0.1) is 0 Å². The number of hydrogen-bond acceptors (Lipinski definition) is 10. The maximum absolute atomic E-state index is 10.2. The number of aliphatic hydroxyl groups is 4. The molecular weight excluding hydrogens is 284 g/mol. The van der Waals surface area contributed by atoms with E-state index in [1.54, 1.807) is 0 Å². The summed E-state index contributed by atoms with van der Waals surface area (Å²) in [6.07, 6.45) is -2.71. The number of nitrogens with two attached hydrogens (primary N) is 1. The predicted octanol–water partition coefficient (Wildman–Crippen LogP) is -3.44. The van der Waals surface area contributed by atoms with E-state index in [1.807, 2.05) is 0 Å². The molecule has 1 aliphatic rings. The van der Waals surface area contributed by atoms with Gasteiger partial charge in [-0.2, -0.15) is 0 Å². The van der Waals surface area contributed by atoms with Crippen molar-refractivity contribution in [1.29, 1.82) is 0 Å². The Bertz CT molecular complexity index is 664. The first-order valence-corrected chi connectivity index (χ1v) is 6.13. The first-order chi connectivity index (χ1) is 10.0. The monoisotopic (exact) mass is 298 g/mol. The van der Waals surface area contributed by atoms with Crippen molar-refractivity contribution in [3.63, 3.8) is 0 Å². The van der Waals surface area contributed by atoms with Crippen LogP contribution < -0.4 is 5.73 Å². The normalized spacial score (nSPS) is 32.9. The van der Waals surface area contributed by atoms with Crippen LogP contribution in [0.15, 0.2) is 6.33 Å². The van der Waals surface area contributed by atoms with Gasteiger partial charge in [0.25, 0.3) is 0 Å². The molecule has 11 nitrogen and oxygen atoms in total. The third-order valence-corrected chi connectivity index (χ3v) is 3.61. The Labute approximate surface area is 117 Å². The SMILES string of the molecule is Nc1nnnc2c1ncn2[C@]1(CO)O[C@H](CO)C(O)C1O. The molecule has 0 aliphatic carbocycles. The molecule has 1 fully saturated rings. The molecule has 2 aromatic rings. The molecule has 21 heavy (non-hydrogen) atoms. The van der Waals surface area contributed by atoms with E-state index in [0.29, 0.717) is 0 Å². The van der Waals surface area contributed by atoms with E-state index in [-0.39, 0.29) is 17.0 Å². The molecule has 0 aromatic carbocycles. The van der Waals surface area contributed by atoms with Crippen molar-refractivity contribution in [2.24, 2.45) is 0 Å². The molecule has 0 radical (unpaired) electrons. The molecular formula is C10H14N6O5. The summed E-state index contributed by atoms with van der Waals surface area (Å²) in [6, 6.07) is 0. The molecule has 3 heterocycles. The number of ether oxygens (including phenoxy) is 1. The van der Waals surface area contributed by atoms with E-state index in [4.69, 9.17) is 10.5 Å². The fourth-order valence-corrected chi connectivity index (χ4v) is 2.48. The van der Waals surface area contributed by atoms with Crippen LogP contribution in [0.25, 0.3) is 11.2 Å². The molecule has 2 aromatic heterocycles. The Morgan fingerprint density at radius 1 is 1.33 bits per heavy atom. The maximum atomic E-state index is 10.2. The average Bonchev–Trinajstić information content (AvgIpc) is 3.03. The van der Waals surface area contributed by atoms with Crippen molar-refractivity contribution in [3.05, 3.63) is 6.33 Å². The minimum absolute atomic E-state index is 0.0265. The van der Waals surface area contributed by atoms with Crippen LogP contribution in [-0.4, -0.2) is 76.9 Å². The van der Waals surface area contributed by atoms with Crippen molar-refractivity contribution in [1.82, 2.24) is 25.0 Å². The summed E-state index contributed by atoms with van der Waals surface area (Å²) in [7, 11) is 0. The highest BCUT2D eigenvalue weighted by Crippen LogP contribution is 2.37. The van der Waals surface area contributed by atoms with Gasteiger partial charge in [-0.3, -0.25) is 4.57 Å². The van der Waals surface area contributed by atoms with E-state index < -0.39 is 37.3 Å². The summed E-state index contributed by atoms with van der Waals surface area (Å²) in [5.41, 5.74) is 4.22. The van der Waals surface area contributed by atoms with Crippen LogP contribution in [0.1, 0.15) is 0 Å². The number of nitrogen functional groups attached to an aromatic ring is 1. The van der Waals surface area contributed by atoms with Gasteiger partial charge in [-0.25, -0.2) is 4.98 Å². The summed E-state index contributed by atoms with van der Waals surface area (Å²) >= 11 is 0. The lowest BCUT2D eigenvalue weighted by atomic mass is 10.0. The number of imidazole rings is 1. The highest BCUT2D eigenvalue weighted by Gasteiger charge is 2.55. The molecule has 0 spiro atoms. The van der Waals surface area contributed by atoms with Gasteiger partial charge in [0.1, 0.15) is 18.3 Å². The molecule has 4 atom stereocenters.